The molecule has 0 aliphatic heterocycles. The Hall–Kier alpha value is -3.08. The third-order valence-corrected chi connectivity index (χ3v) is 13.7. The molecule has 0 saturated heterocycles. The molecule has 1 unspecified atom stereocenters. The van der Waals surface area contributed by atoms with E-state index in [4.69, 9.17) is 14.1 Å². The van der Waals surface area contributed by atoms with Gasteiger partial charge in [0.1, 0.15) is 5.52 Å². The normalized spacial score (nSPS) is 18.6. The fourth-order valence-corrected chi connectivity index (χ4v) is 7.24. The van der Waals surface area contributed by atoms with Crippen molar-refractivity contribution in [2.24, 2.45) is 7.05 Å². The molecule has 0 spiro atoms. The standard InChI is InChI=1S/C32H43N5O3SSi/c1-32(2,3)42(6,7)40-27-14-12-26(13-15-27)39-30-28(24-19-34-37(4)20-24)16-11-23-18-33-31(36-29(23)30)35-25-10-8-9-22(17-25)21-41(5)38/h8-11,16-20,26-27H,12-15,21H2,1-7H3,(H,33,35,36). The lowest BCUT2D eigenvalue weighted by Gasteiger charge is -2.41. The molecular weight excluding hydrogens is 563 g/mol. The largest absolute Gasteiger partial charge is 0.487 e. The molecule has 1 saturated carbocycles. The van der Waals surface area contributed by atoms with Gasteiger partial charge in [0.15, 0.2) is 14.1 Å². The van der Waals surface area contributed by atoms with Gasteiger partial charge >= 0.3 is 0 Å². The van der Waals surface area contributed by atoms with Crippen LogP contribution in [0, 0.1) is 0 Å². The molecule has 10 heteroatoms. The molecule has 8 nitrogen and oxygen atoms in total. The van der Waals surface area contributed by atoms with Crippen molar-refractivity contribution in [1.82, 2.24) is 19.7 Å². The predicted molar refractivity (Wildman–Crippen MR) is 174 cm³/mol. The maximum Gasteiger partial charge on any atom is 0.227 e. The highest BCUT2D eigenvalue weighted by atomic mass is 32.2. The van der Waals surface area contributed by atoms with E-state index in [1.54, 1.807) is 10.9 Å². The highest BCUT2D eigenvalue weighted by molar-refractivity contribution is 7.83. The number of hydrogen-bond acceptors (Lipinski definition) is 7. The number of nitrogens with one attached hydrogen (secondary N) is 1. The van der Waals surface area contributed by atoms with Crippen molar-refractivity contribution in [3.63, 3.8) is 0 Å². The van der Waals surface area contributed by atoms with Gasteiger partial charge in [0, 0.05) is 70.6 Å². The minimum Gasteiger partial charge on any atom is -0.487 e. The van der Waals surface area contributed by atoms with Gasteiger partial charge in [-0.3, -0.25) is 8.89 Å². The molecule has 2 aromatic carbocycles. The summed E-state index contributed by atoms with van der Waals surface area (Å²) in [6.45, 7) is 11.5. The van der Waals surface area contributed by atoms with Crippen LogP contribution in [0.1, 0.15) is 52.0 Å². The quantitative estimate of drug-likeness (QED) is 0.199. The summed E-state index contributed by atoms with van der Waals surface area (Å²) < 4.78 is 27.1. The smallest absolute Gasteiger partial charge is 0.227 e. The van der Waals surface area contributed by atoms with Crippen LogP contribution in [0.15, 0.2) is 55.0 Å². The molecule has 5 rings (SSSR count). The Morgan fingerprint density at radius 1 is 1.07 bits per heavy atom. The van der Waals surface area contributed by atoms with Crippen molar-refractivity contribution in [3.05, 3.63) is 60.6 Å². The minimum absolute atomic E-state index is 0.0725. The lowest BCUT2D eigenvalue weighted by atomic mass is 9.95. The van der Waals surface area contributed by atoms with Crippen LogP contribution in [0.4, 0.5) is 11.6 Å². The van der Waals surface area contributed by atoms with E-state index >= 15 is 0 Å². The first-order valence-corrected chi connectivity index (χ1v) is 19.3. The first kappa shape index (κ1) is 30.4. The Labute approximate surface area is 252 Å². The average Bonchev–Trinajstić information content (AvgIpc) is 3.35. The lowest BCUT2D eigenvalue weighted by Crippen LogP contribution is -2.45. The first-order valence-electron chi connectivity index (χ1n) is 14.7. The molecule has 0 bridgehead atoms. The van der Waals surface area contributed by atoms with Gasteiger partial charge in [0.2, 0.25) is 5.95 Å². The van der Waals surface area contributed by atoms with Crippen LogP contribution in [-0.4, -0.2) is 50.7 Å². The average molecular weight is 606 g/mol. The van der Waals surface area contributed by atoms with Crippen molar-refractivity contribution < 1.29 is 13.4 Å². The van der Waals surface area contributed by atoms with Crippen molar-refractivity contribution in [1.29, 1.82) is 0 Å². The van der Waals surface area contributed by atoms with E-state index in [0.717, 1.165) is 64.7 Å². The Morgan fingerprint density at radius 3 is 2.48 bits per heavy atom. The van der Waals surface area contributed by atoms with Crippen LogP contribution in [0.2, 0.25) is 18.1 Å². The molecule has 42 heavy (non-hydrogen) atoms. The Bertz CT molecular complexity index is 1570. The molecule has 4 aromatic rings. The Kier molecular flexibility index (Phi) is 8.87. The third kappa shape index (κ3) is 7.10. The van der Waals surface area contributed by atoms with E-state index in [1.807, 2.05) is 56.0 Å². The molecule has 1 fully saturated rings. The van der Waals surface area contributed by atoms with Gasteiger partial charge in [-0.25, -0.2) is 9.97 Å². The number of hydrogen-bond donors (Lipinski definition) is 1. The summed E-state index contributed by atoms with van der Waals surface area (Å²) >= 11 is 0. The minimum atomic E-state index is -1.81. The maximum absolute atomic E-state index is 11.7. The second kappa shape index (κ2) is 12.3. The third-order valence-electron chi connectivity index (χ3n) is 8.45. The summed E-state index contributed by atoms with van der Waals surface area (Å²) in [6, 6.07) is 12.0. The van der Waals surface area contributed by atoms with Crippen LogP contribution in [0.3, 0.4) is 0 Å². The molecule has 0 amide bonds. The zero-order chi connectivity index (χ0) is 30.1. The monoisotopic (exact) mass is 605 g/mol. The van der Waals surface area contributed by atoms with Gasteiger partial charge in [-0.1, -0.05) is 39.0 Å². The molecule has 224 valence electrons. The number of rotatable bonds is 9. The summed E-state index contributed by atoms with van der Waals surface area (Å²) in [4.78, 5) is 9.54. The number of benzene rings is 2. The summed E-state index contributed by atoms with van der Waals surface area (Å²) in [5.74, 6) is 1.75. The first-order chi connectivity index (χ1) is 19.9. The zero-order valence-corrected chi connectivity index (χ0v) is 27.6. The lowest BCUT2D eigenvalue weighted by molar-refractivity contribution is 0.0735. The highest BCUT2D eigenvalue weighted by Gasteiger charge is 2.40. The second-order valence-electron chi connectivity index (χ2n) is 12.9. The van der Waals surface area contributed by atoms with Gasteiger partial charge in [0.05, 0.1) is 12.3 Å². The molecule has 1 N–H and O–H groups in total. The van der Waals surface area contributed by atoms with E-state index in [9.17, 15) is 4.21 Å². The SMILES string of the molecule is Cn1cc(-c2ccc3cnc(Nc4cccc(CS(C)=O)c4)nc3c2OC2CCC(O[Si](C)(C)C(C)(C)C)CC2)cn1. The molecule has 0 radical (unpaired) electrons. The maximum atomic E-state index is 11.7. The fourth-order valence-electron chi connectivity index (χ4n) is 5.17. The molecule has 2 aromatic heterocycles. The predicted octanol–water partition coefficient (Wildman–Crippen LogP) is 7.36. The molecule has 1 aliphatic rings. The van der Waals surface area contributed by atoms with Gasteiger partial charge in [-0.15, -0.1) is 0 Å². The van der Waals surface area contributed by atoms with Gasteiger partial charge in [0.25, 0.3) is 0 Å². The van der Waals surface area contributed by atoms with Gasteiger partial charge in [-0.05, 0) is 67.6 Å². The van der Waals surface area contributed by atoms with Crippen LogP contribution < -0.4 is 10.1 Å². The van der Waals surface area contributed by atoms with Crippen molar-refractivity contribution in [3.8, 4) is 16.9 Å². The summed E-state index contributed by atoms with van der Waals surface area (Å²) in [6.07, 6.45) is 11.6. The van der Waals surface area contributed by atoms with E-state index in [0.29, 0.717) is 11.7 Å². The van der Waals surface area contributed by atoms with E-state index in [2.05, 4.69) is 55.3 Å². The number of fused-ring (bicyclic) bond motifs is 1. The molecule has 1 atom stereocenters. The number of ether oxygens (including phenoxy) is 1. The van der Waals surface area contributed by atoms with E-state index < -0.39 is 19.1 Å². The van der Waals surface area contributed by atoms with Gasteiger partial charge in [-0.2, -0.15) is 5.10 Å². The Morgan fingerprint density at radius 2 is 1.81 bits per heavy atom. The second-order valence-corrected chi connectivity index (χ2v) is 19.1. The zero-order valence-electron chi connectivity index (χ0n) is 25.8. The number of aryl methyl sites for hydroxylation is 1. The van der Waals surface area contributed by atoms with Crippen molar-refractivity contribution in [2.45, 2.75) is 82.5 Å². The van der Waals surface area contributed by atoms with Crippen LogP contribution in [-0.2, 0) is 28.0 Å². The number of nitrogens with zero attached hydrogens (tertiary/aromatic N) is 4. The number of anilines is 2. The van der Waals surface area contributed by atoms with Crippen LogP contribution >= 0.6 is 0 Å². The van der Waals surface area contributed by atoms with Crippen LogP contribution in [0.25, 0.3) is 22.0 Å². The van der Waals surface area contributed by atoms with Crippen molar-refractivity contribution >= 4 is 41.7 Å². The topological polar surface area (TPSA) is 91.2 Å². The Balaban J connectivity index is 1.42. The van der Waals surface area contributed by atoms with Gasteiger partial charge < -0.3 is 14.5 Å². The fraction of sp³-hybridized carbons (Fsp3) is 0.469. The van der Waals surface area contributed by atoms with Crippen LogP contribution in [0.5, 0.6) is 5.75 Å². The summed E-state index contributed by atoms with van der Waals surface area (Å²) in [5, 5.41) is 8.85. The molecule has 1 aliphatic carbocycles. The van der Waals surface area contributed by atoms with E-state index in [1.165, 1.54) is 0 Å². The molecular formula is C32H43N5O3SSi. The summed E-state index contributed by atoms with van der Waals surface area (Å²) in [7, 11) is -0.813. The summed E-state index contributed by atoms with van der Waals surface area (Å²) in [5.41, 5.74) is 4.56. The van der Waals surface area contributed by atoms with E-state index in [-0.39, 0.29) is 17.2 Å². The number of aromatic nitrogens is 4. The highest BCUT2D eigenvalue weighted by Crippen LogP contribution is 2.41. The molecule has 2 heterocycles. The van der Waals surface area contributed by atoms with Crippen molar-refractivity contribution in [2.75, 3.05) is 11.6 Å².